The number of aryl methyl sites for hydroxylation is 1. The smallest absolute Gasteiger partial charge is 0.222 e. The van der Waals surface area contributed by atoms with E-state index in [0.717, 1.165) is 43.9 Å². The molecule has 5 nitrogen and oxygen atoms in total. The zero-order valence-corrected chi connectivity index (χ0v) is 13.3. The Bertz CT molecular complexity index is 707. The van der Waals surface area contributed by atoms with Gasteiger partial charge in [-0.3, -0.25) is 0 Å². The van der Waals surface area contributed by atoms with Gasteiger partial charge in [0, 0.05) is 23.7 Å². The molecule has 0 spiro atoms. The SMILES string of the molecule is Nc1nc(NC[C@@H]2CCCN2)c2c(n1)-c1ccccc1CCC2. The number of rotatable bonds is 3. The van der Waals surface area contributed by atoms with E-state index in [1.807, 2.05) is 0 Å². The van der Waals surface area contributed by atoms with E-state index in [2.05, 4.69) is 44.9 Å². The fourth-order valence-corrected chi connectivity index (χ4v) is 3.68. The van der Waals surface area contributed by atoms with Crippen molar-refractivity contribution in [1.82, 2.24) is 15.3 Å². The highest BCUT2D eigenvalue weighted by Crippen LogP contribution is 2.34. The van der Waals surface area contributed by atoms with Gasteiger partial charge in [0.25, 0.3) is 0 Å². The summed E-state index contributed by atoms with van der Waals surface area (Å²) < 4.78 is 0. The molecule has 1 fully saturated rings. The second-order valence-electron chi connectivity index (χ2n) is 6.44. The molecule has 1 saturated heterocycles. The number of fused-ring (bicyclic) bond motifs is 3. The summed E-state index contributed by atoms with van der Waals surface area (Å²) in [5, 5.41) is 7.03. The highest BCUT2D eigenvalue weighted by molar-refractivity contribution is 5.73. The lowest BCUT2D eigenvalue weighted by Gasteiger charge is -2.17. The van der Waals surface area contributed by atoms with E-state index < -0.39 is 0 Å². The molecule has 0 bridgehead atoms. The predicted molar refractivity (Wildman–Crippen MR) is 93.4 cm³/mol. The molecule has 1 aliphatic heterocycles. The van der Waals surface area contributed by atoms with E-state index in [1.54, 1.807) is 0 Å². The summed E-state index contributed by atoms with van der Waals surface area (Å²) in [5.41, 5.74) is 10.8. The number of nitrogens with zero attached hydrogens (tertiary/aromatic N) is 2. The quantitative estimate of drug-likeness (QED) is 0.811. The van der Waals surface area contributed by atoms with Gasteiger partial charge >= 0.3 is 0 Å². The number of nitrogens with one attached hydrogen (secondary N) is 2. The maximum atomic E-state index is 6.00. The van der Waals surface area contributed by atoms with Crippen molar-refractivity contribution in [3.8, 4) is 11.3 Å². The van der Waals surface area contributed by atoms with Crippen LogP contribution in [0.2, 0.25) is 0 Å². The maximum Gasteiger partial charge on any atom is 0.222 e. The molecule has 0 saturated carbocycles. The predicted octanol–water partition coefficient (Wildman–Crippen LogP) is 2.38. The van der Waals surface area contributed by atoms with Gasteiger partial charge < -0.3 is 16.4 Å². The van der Waals surface area contributed by atoms with E-state index in [0.29, 0.717) is 12.0 Å². The van der Waals surface area contributed by atoms with Gasteiger partial charge in [-0.2, -0.15) is 4.98 Å². The minimum Gasteiger partial charge on any atom is -0.368 e. The minimum atomic E-state index is 0.349. The van der Waals surface area contributed by atoms with Gasteiger partial charge in [-0.25, -0.2) is 4.98 Å². The summed E-state index contributed by atoms with van der Waals surface area (Å²) >= 11 is 0. The topological polar surface area (TPSA) is 75.9 Å². The lowest BCUT2D eigenvalue weighted by Crippen LogP contribution is -2.30. The molecular weight excluding hydrogens is 286 g/mol. The van der Waals surface area contributed by atoms with Gasteiger partial charge in [-0.15, -0.1) is 0 Å². The first-order valence-corrected chi connectivity index (χ1v) is 8.53. The van der Waals surface area contributed by atoms with Crippen LogP contribution in [-0.4, -0.2) is 29.1 Å². The molecule has 23 heavy (non-hydrogen) atoms. The van der Waals surface area contributed by atoms with Crippen molar-refractivity contribution in [3.63, 3.8) is 0 Å². The summed E-state index contributed by atoms with van der Waals surface area (Å²) in [7, 11) is 0. The van der Waals surface area contributed by atoms with Crippen LogP contribution in [0.25, 0.3) is 11.3 Å². The first kappa shape index (κ1) is 14.5. The molecule has 2 aromatic rings. The van der Waals surface area contributed by atoms with Crippen LogP contribution in [0.3, 0.4) is 0 Å². The molecular formula is C18H23N5. The first-order valence-electron chi connectivity index (χ1n) is 8.53. The number of aromatic nitrogens is 2. The molecule has 0 amide bonds. The van der Waals surface area contributed by atoms with Gasteiger partial charge in [-0.05, 0) is 44.2 Å². The van der Waals surface area contributed by atoms with Crippen molar-refractivity contribution in [2.45, 2.75) is 38.1 Å². The Balaban J connectivity index is 1.70. The molecule has 0 radical (unpaired) electrons. The Morgan fingerprint density at radius 3 is 2.96 bits per heavy atom. The molecule has 2 aliphatic rings. The van der Waals surface area contributed by atoms with E-state index in [1.165, 1.54) is 29.5 Å². The Kier molecular flexibility index (Phi) is 3.87. The fraction of sp³-hybridized carbons (Fsp3) is 0.444. The van der Waals surface area contributed by atoms with E-state index in [-0.39, 0.29) is 0 Å². The third-order valence-electron chi connectivity index (χ3n) is 4.85. The summed E-state index contributed by atoms with van der Waals surface area (Å²) in [4.78, 5) is 9.06. The van der Waals surface area contributed by atoms with E-state index >= 15 is 0 Å². The van der Waals surface area contributed by atoms with Crippen molar-refractivity contribution in [1.29, 1.82) is 0 Å². The van der Waals surface area contributed by atoms with Crippen LogP contribution in [0.1, 0.15) is 30.4 Å². The van der Waals surface area contributed by atoms with Crippen molar-refractivity contribution >= 4 is 11.8 Å². The number of hydrogen-bond acceptors (Lipinski definition) is 5. The van der Waals surface area contributed by atoms with Crippen LogP contribution >= 0.6 is 0 Å². The molecule has 1 aliphatic carbocycles. The molecule has 120 valence electrons. The first-order chi connectivity index (χ1) is 11.3. The van der Waals surface area contributed by atoms with Crippen molar-refractivity contribution in [2.75, 3.05) is 24.1 Å². The number of nitrogen functional groups attached to an aromatic ring is 1. The molecule has 2 heterocycles. The molecule has 4 rings (SSSR count). The molecule has 0 unspecified atom stereocenters. The van der Waals surface area contributed by atoms with Gasteiger partial charge in [0.1, 0.15) is 5.82 Å². The highest BCUT2D eigenvalue weighted by Gasteiger charge is 2.21. The third kappa shape index (κ3) is 2.88. The third-order valence-corrected chi connectivity index (χ3v) is 4.85. The lowest BCUT2D eigenvalue weighted by molar-refractivity contribution is 0.632. The van der Waals surface area contributed by atoms with Gasteiger partial charge in [0.05, 0.1) is 5.69 Å². The molecule has 1 aromatic carbocycles. The Hall–Kier alpha value is -2.14. The molecule has 1 aromatic heterocycles. The van der Waals surface area contributed by atoms with Crippen molar-refractivity contribution < 1.29 is 0 Å². The molecule has 1 atom stereocenters. The van der Waals surface area contributed by atoms with Crippen LogP contribution in [0.5, 0.6) is 0 Å². The maximum absolute atomic E-state index is 6.00. The van der Waals surface area contributed by atoms with Crippen LogP contribution in [0.4, 0.5) is 11.8 Å². The minimum absolute atomic E-state index is 0.349. The van der Waals surface area contributed by atoms with Gasteiger partial charge in [0.2, 0.25) is 5.95 Å². The standard InChI is InChI=1S/C18H23N5/c19-18-22-16-14-8-2-1-5-12(14)6-3-9-15(16)17(23-18)21-11-13-7-4-10-20-13/h1-2,5,8,13,20H,3-4,6-7,9-11H2,(H3,19,21,22,23)/t13-/m0/s1. The average Bonchev–Trinajstić information content (AvgIpc) is 3.01. The van der Waals surface area contributed by atoms with E-state index in [4.69, 9.17) is 5.73 Å². The second kappa shape index (κ2) is 6.16. The monoisotopic (exact) mass is 309 g/mol. The van der Waals surface area contributed by atoms with Crippen LogP contribution in [-0.2, 0) is 12.8 Å². The second-order valence-corrected chi connectivity index (χ2v) is 6.44. The average molecular weight is 309 g/mol. The Labute approximate surface area is 136 Å². The normalized spacial score (nSPS) is 19.7. The van der Waals surface area contributed by atoms with Crippen LogP contribution in [0.15, 0.2) is 24.3 Å². The fourth-order valence-electron chi connectivity index (χ4n) is 3.68. The number of anilines is 2. The van der Waals surface area contributed by atoms with Gasteiger partial charge in [0.15, 0.2) is 0 Å². The molecule has 5 heteroatoms. The van der Waals surface area contributed by atoms with Crippen molar-refractivity contribution in [2.24, 2.45) is 0 Å². The number of benzene rings is 1. The summed E-state index contributed by atoms with van der Waals surface area (Å²) in [6.07, 6.45) is 5.66. The lowest BCUT2D eigenvalue weighted by atomic mass is 10.0. The largest absolute Gasteiger partial charge is 0.368 e. The highest BCUT2D eigenvalue weighted by atomic mass is 15.1. The Morgan fingerprint density at radius 2 is 2.09 bits per heavy atom. The summed E-state index contributed by atoms with van der Waals surface area (Å²) in [5.74, 6) is 1.26. The summed E-state index contributed by atoms with van der Waals surface area (Å²) in [6, 6.07) is 9.04. The van der Waals surface area contributed by atoms with Crippen LogP contribution < -0.4 is 16.4 Å². The van der Waals surface area contributed by atoms with Crippen molar-refractivity contribution in [3.05, 3.63) is 35.4 Å². The summed E-state index contributed by atoms with van der Waals surface area (Å²) in [6.45, 7) is 2.01. The molecule has 4 N–H and O–H groups in total. The number of hydrogen-bond donors (Lipinski definition) is 3. The van der Waals surface area contributed by atoms with Crippen LogP contribution in [0, 0.1) is 0 Å². The van der Waals surface area contributed by atoms with Gasteiger partial charge in [-0.1, -0.05) is 24.3 Å². The zero-order chi connectivity index (χ0) is 15.6. The zero-order valence-electron chi connectivity index (χ0n) is 13.3. The Morgan fingerprint density at radius 1 is 1.17 bits per heavy atom. The van der Waals surface area contributed by atoms with E-state index in [9.17, 15) is 0 Å². The number of nitrogens with two attached hydrogens (primary N) is 1.